The Labute approximate surface area is 96.5 Å². The van der Waals surface area contributed by atoms with Gasteiger partial charge in [0, 0.05) is 12.2 Å². The minimum absolute atomic E-state index is 0.852. The van der Waals surface area contributed by atoms with E-state index >= 15 is 0 Å². The first-order chi connectivity index (χ1) is 7.81. The summed E-state index contributed by atoms with van der Waals surface area (Å²) in [6.07, 6.45) is 1.15. The van der Waals surface area contributed by atoms with Crippen molar-refractivity contribution < 1.29 is 0 Å². The van der Waals surface area contributed by atoms with Crippen LogP contribution in [0.4, 0.5) is 5.69 Å². The van der Waals surface area contributed by atoms with E-state index in [1.54, 1.807) is 0 Å². The molecule has 2 rings (SSSR count). The Balaban J connectivity index is 2.27. The standard InChI is InChI=1S/C14H18N2/c1-2-7-16-10-13-8-11-5-3-4-6-12(11)9-14(13)15/h3-6,8-9,16H,2,7,10,15H2,1H3. The first-order valence-corrected chi connectivity index (χ1v) is 5.79. The minimum atomic E-state index is 0.852. The van der Waals surface area contributed by atoms with Gasteiger partial charge in [-0.3, -0.25) is 0 Å². The van der Waals surface area contributed by atoms with Crippen molar-refractivity contribution in [1.29, 1.82) is 0 Å². The summed E-state index contributed by atoms with van der Waals surface area (Å²) in [5.41, 5.74) is 8.09. The fraction of sp³-hybridized carbons (Fsp3) is 0.286. The molecule has 2 nitrogen and oxygen atoms in total. The largest absolute Gasteiger partial charge is 0.398 e. The van der Waals surface area contributed by atoms with Gasteiger partial charge in [-0.2, -0.15) is 0 Å². The zero-order valence-electron chi connectivity index (χ0n) is 9.66. The van der Waals surface area contributed by atoms with Crippen LogP contribution in [0, 0.1) is 0 Å². The topological polar surface area (TPSA) is 38.0 Å². The number of nitrogen functional groups attached to an aromatic ring is 1. The Kier molecular flexibility index (Phi) is 3.42. The highest BCUT2D eigenvalue weighted by Gasteiger charge is 2.01. The number of benzene rings is 2. The lowest BCUT2D eigenvalue weighted by Gasteiger charge is -2.08. The molecule has 16 heavy (non-hydrogen) atoms. The van der Waals surface area contributed by atoms with Gasteiger partial charge in [0.1, 0.15) is 0 Å². The average molecular weight is 214 g/mol. The van der Waals surface area contributed by atoms with Gasteiger partial charge in [-0.1, -0.05) is 31.2 Å². The Morgan fingerprint density at radius 3 is 2.50 bits per heavy atom. The second-order valence-corrected chi connectivity index (χ2v) is 4.07. The zero-order chi connectivity index (χ0) is 11.4. The van der Waals surface area contributed by atoms with Crippen molar-refractivity contribution in [2.45, 2.75) is 19.9 Å². The smallest absolute Gasteiger partial charge is 0.0366 e. The third-order valence-corrected chi connectivity index (χ3v) is 2.75. The molecule has 0 saturated heterocycles. The van der Waals surface area contributed by atoms with Gasteiger partial charge in [-0.05, 0) is 41.4 Å². The summed E-state index contributed by atoms with van der Waals surface area (Å²) in [5.74, 6) is 0. The Bertz CT molecular complexity index is 477. The summed E-state index contributed by atoms with van der Waals surface area (Å²) < 4.78 is 0. The molecule has 0 spiro atoms. The SMILES string of the molecule is CCCNCc1cc2ccccc2cc1N. The van der Waals surface area contributed by atoms with Crippen molar-refractivity contribution in [2.75, 3.05) is 12.3 Å². The number of fused-ring (bicyclic) bond motifs is 1. The molecule has 0 fully saturated rings. The van der Waals surface area contributed by atoms with Crippen LogP contribution in [0.3, 0.4) is 0 Å². The zero-order valence-corrected chi connectivity index (χ0v) is 9.66. The third kappa shape index (κ3) is 2.34. The lowest BCUT2D eigenvalue weighted by molar-refractivity contribution is 0.677. The number of hydrogen-bond donors (Lipinski definition) is 2. The van der Waals surface area contributed by atoms with E-state index in [0.717, 1.165) is 25.2 Å². The van der Waals surface area contributed by atoms with E-state index in [1.165, 1.54) is 16.3 Å². The second kappa shape index (κ2) is 4.99. The fourth-order valence-electron chi connectivity index (χ4n) is 1.86. The molecule has 0 aliphatic heterocycles. The highest BCUT2D eigenvalue weighted by Crippen LogP contribution is 2.21. The van der Waals surface area contributed by atoms with E-state index in [4.69, 9.17) is 5.73 Å². The maximum atomic E-state index is 6.03. The maximum absolute atomic E-state index is 6.03. The Morgan fingerprint density at radius 1 is 1.12 bits per heavy atom. The summed E-state index contributed by atoms with van der Waals surface area (Å²) in [6.45, 7) is 4.05. The van der Waals surface area contributed by atoms with Crippen LogP contribution in [0.2, 0.25) is 0 Å². The van der Waals surface area contributed by atoms with Gasteiger partial charge in [-0.15, -0.1) is 0 Å². The monoisotopic (exact) mass is 214 g/mol. The fourth-order valence-corrected chi connectivity index (χ4v) is 1.86. The van der Waals surface area contributed by atoms with Crippen molar-refractivity contribution in [2.24, 2.45) is 0 Å². The predicted octanol–water partition coefficient (Wildman–Crippen LogP) is 2.92. The highest BCUT2D eigenvalue weighted by atomic mass is 14.8. The van der Waals surface area contributed by atoms with Crippen LogP contribution in [0.1, 0.15) is 18.9 Å². The number of nitrogens with two attached hydrogens (primary N) is 1. The quantitative estimate of drug-likeness (QED) is 0.606. The van der Waals surface area contributed by atoms with Crippen molar-refractivity contribution >= 4 is 16.5 Å². The van der Waals surface area contributed by atoms with E-state index < -0.39 is 0 Å². The predicted molar refractivity (Wildman–Crippen MR) is 70.4 cm³/mol. The number of rotatable bonds is 4. The number of hydrogen-bond acceptors (Lipinski definition) is 2. The van der Waals surface area contributed by atoms with Gasteiger partial charge in [0.15, 0.2) is 0 Å². The van der Waals surface area contributed by atoms with Crippen LogP contribution < -0.4 is 11.1 Å². The van der Waals surface area contributed by atoms with E-state index in [9.17, 15) is 0 Å². The first-order valence-electron chi connectivity index (χ1n) is 5.79. The van der Waals surface area contributed by atoms with Crippen LogP contribution >= 0.6 is 0 Å². The van der Waals surface area contributed by atoms with Gasteiger partial charge in [0.2, 0.25) is 0 Å². The summed E-state index contributed by atoms with van der Waals surface area (Å²) in [5, 5.41) is 5.84. The maximum Gasteiger partial charge on any atom is 0.0366 e. The molecule has 0 aliphatic carbocycles. The molecule has 0 aliphatic rings. The second-order valence-electron chi connectivity index (χ2n) is 4.07. The van der Waals surface area contributed by atoms with Crippen LogP contribution in [0.5, 0.6) is 0 Å². The first kappa shape index (κ1) is 11.0. The number of anilines is 1. The van der Waals surface area contributed by atoms with Gasteiger partial charge in [0.05, 0.1) is 0 Å². The van der Waals surface area contributed by atoms with Crippen LogP contribution in [-0.2, 0) is 6.54 Å². The summed E-state index contributed by atoms with van der Waals surface area (Å²) >= 11 is 0. The van der Waals surface area contributed by atoms with Crippen molar-refractivity contribution in [3.8, 4) is 0 Å². The normalized spacial score (nSPS) is 10.8. The average Bonchev–Trinajstić information content (AvgIpc) is 2.30. The van der Waals surface area contributed by atoms with Crippen LogP contribution in [-0.4, -0.2) is 6.54 Å². The molecule has 2 aromatic rings. The van der Waals surface area contributed by atoms with E-state index in [1.807, 2.05) is 6.07 Å². The van der Waals surface area contributed by atoms with Gasteiger partial charge >= 0.3 is 0 Å². The third-order valence-electron chi connectivity index (χ3n) is 2.75. The number of nitrogens with one attached hydrogen (secondary N) is 1. The lowest BCUT2D eigenvalue weighted by Crippen LogP contribution is -2.14. The minimum Gasteiger partial charge on any atom is -0.398 e. The van der Waals surface area contributed by atoms with E-state index in [0.29, 0.717) is 0 Å². The molecule has 0 bridgehead atoms. The summed E-state index contributed by atoms with van der Waals surface area (Å²) in [6, 6.07) is 12.5. The van der Waals surface area contributed by atoms with Crippen LogP contribution in [0.25, 0.3) is 10.8 Å². The molecular weight excluding hydrogens is 196 g/mol. The summed E-state index contributed by atoms with van der Waals surface area (Å²) in [4.78, 5) is 0. The van der Waals surface area contributed by atoms with Crippen molar-refractivity contribution in [3.63, 3.8) is 0 Å². The lowest BCUT2D eigenvalue weighted by atomic mass is 10.1. The van der Waals surface area contributed by atoms with Crippen molar-refractivity contribution in [3.05, 3.63) is 42.0 Å². The Hall–Kier alpha value is -1.54. The molecule has 0 radical (unpaired) electrons. The molecule has 0 amide bonds. The molecule has 2 heteroatoms. The molecule has 84 valence electrons. The van der Waals surface area contributed by atoms with Crippen LogP contribution in [0.15, 0.2) is 36.4 Å². The molecule has 0 saturated carbocycles. The van der Waals surface area contributed by atoms with Gasteiger partial charge in [-0.25, -0.2) is 0 Å². The molecule has 2 aromatic carbocycles. The molecular formula is C14H18N2. The molecule has 0 aromatic heterocycles. The highest BCUT2D eigenvalue weighted by molar-refractivity contribution is 5.86. The molecule has 0 unspecified atom stereocenters. The Morgan fingerprint density at radius 2 is 1.81 bits per heavy atom. The van der Waals surface area contributed by atoms with Gasteiger partial charge in [0.25, 0.3) is 0 Å². The van der Waals surface area contributed by atoms with E-state index in [-0.39, 0.29) is 0 Å². The van der Waals surface area contributed by atoms with E-state index in [2.05, 4.69) is 42.6 Å². The molecule has 0 atom stereocenters. The molecule has 3 N–H and O–H groups in total. The molecule has 0 heterocycles. The summed E-state index contributed by atoms with van der Waals surface area (Å²) in [7, 11) is 0. The van der Waals surface area contributed by atoms with Gasteiger partial charge < -0.3 is 11.1 Å². The van der Waals surface area contributed by atoms with Crippen molar-refractivity contribution in [1.82, 2.24) is 5.32 Å².